The summed E-state index contributed by atoms with van der Waals surface area (Å²) in [6, 6.07) is 7.06. The number of hydrogen-bond acceptors (Lipinski definition) is 5. The van der Waals surface area contributed by atoms with E-state index in [-0.39, 0.29) is 0 Å². The summed E-state index contributed by atoms with van der Waals surface area (Å²) in [6.07, 6.45) is 3.76. The molecule has 1 aliphatic heterocycles. The van der Waals surface area contributed by atoms with Crippen molar-refractivity contribution < 1.29 is 13.2 Å². The van der Waals surface area contributed by atoms with Crippen LogP contribution in [0.4, 0.5) is 0 Å². The average molecular weight is 364 g/mol. The van der Waals surface area contributed by atoms with Gasteiger partial charge >= 0.3 is 0 Å². The van der Waals surface area contributed by atoms with E-state index >= 15 is 0 Å². The molecule has 136 valence electrons. The number of benzene rings is 1. The number of rotatable bonds is 7. The standard InChI is InChI=1S/C17H24N4O3S/c1-2-20-8-7-19-17(20)14-18-13-15-3-5-16(6-4-15)25(22,23)21-9-11-24-12-10-21/h3-8,18H,2,9-14H2,1H3. The molecule has 0 bridgehead atoms. The molecule has 0 aliphatic carbocycles. The van der Waals surface area contributed by atoms with Crippen LogP contribution in [-0.4, -0.2) is 48.6 Å². The fraction of sp³-hybridized carbons (Fsp3) is 0.471. The number of aromatic nitrogens is 2. The van der Waals surface area contributed by atoms with Crippen LogP contribution in [-0.2, 0) is 34.4 Å². The lowest BCUT2D eigenvalue weighted by Crippen LogP contribution is -2.40. The highest BCUT2D eigenvalue weighted by atomic mass is 32.2. The molecule has 2 aromatic rings. The highest BCUT2D eigenvalue weighted by Crippen LogP contribution is 2.17. The second-order valence-corrected chi connectivity index (χ2v) is 7.83. The molecule has 1 N–H and O–H groups in total. The second kappa shape index (κ2) is 8.09. The van der Waals surface area contributed by atoms with Crippen molar-refractivity contribution in [2.45, 2.75) is 31.5 Å². The number of morpholine rings is 1. The summed E-state index contributed by atoms with van der Waals surface area (Å²) >= 11 is 0. The zero-order chi connectivity index (χ0) is 17.7. The molecular formula is C17H24N4O3S. The summed E-state index contributed by atoms with van der Waals surface area (Å²) in [6.45, 7) is 6.04. The number of nitrogens with one attached hydrogen (secondary N) is 1. The first-order valence-corrected chi connectivity index (χ1v) is 9.93. The van der Waals surface area contributed by atoms with E-state index in [0.29, 0.717) is 44.3 Å². The van der Waals surface area contributed by atoms with Crippen molar-refractivity contribution in [3.63, 3.8) is 0 Å². The smallest absolute Gasteiger partial charge is 0.243 e. The molecule has 1 saturated heterocycles. The zero-order valence-electron chi connectivity index (χ0n) is 14.4. The van der Waals surface area contributed by atoms with Crippen LogP contribution in [0, 0.1) is 0 Å². The molecule has 7 nitrogen and oxygen atoms in total. The summed E-state index contributed by atoms with van der Waals surface area (Å²) in [5, 5.41) is 3.34. The van der Waals surface area contributed by atoms with Crippen LogP contribution >= 0.6 is 0 Å². The molecule has 0 unspecified atom stereocenters. The Bertz CT molecular complexity index is 780. The molecule has 0 atom stereocenters. The van der Waals surface area contributed by atoms with Crippen LogP contribution in [0.15, 0.2) is 41.6 Å². The SMILES string of the molecule is CCn1ccnc1CNCc1ccc(S(=O)(=O)N2CCOCC2)cc1. The Morgan fingerprint density at radius 1 is 1.16 bits per heavy atom. The van der Waals surface area contributed by atoms with Gasteiger partial charge < -0.3 is 14.6 Å². The van der Waals surface area contributed by atoms with Gasteiger partial charge in [0.2, 0.25) is 10.0 Å². The molecule has 0 saturated carbocycles. The maximum atomic E-state index is 12.6. The van der Waals surface area contributed by atoms with E-state index in [1.54, 1.807) is 18.3 Å². The second-order valence-electron chi connectivity index (χ2n) is 5.89. The van der Waals surface area contributed by atoms with E-state index < -0.39 is 10.0 Å². The highest BCUT2D eigenvalue weighted by molar-refractivity contribution is 7.89. The van der Waals surface area contributed by atoms with Gasteiger partial charge in [-0.1, -0.05) is 12.1 Å². The van der Waals surface area contributed by atoms with E-state index in [2.05, 4.69) is 21.8 Å². The lowest BCUT2D eigenvalue weighted by molar-refractivity contribution is 0.0730. The first-order chi connectivity index (χ1) is 12.1. The van der Waals surface area contributed by atoms with Gasteiger partial charge in [0.15, 0.2) is 0 Å². The number of ether oxygens (including phenoxy) is 1. The fourth-order valence-electron chi connectivity index (χ4n) is 2.83. The highest BCUT2D eigenvalue weighted by Gasteiger charge is 2.25. The van der Waals surface area contributed by atoms with Gasteiger partial charge in [-0.05, 0) is 24.6 Å². The summed E-state index contributed by atoms with van der Waals surface area (Å²) < 4.78 is 34.0. The van der Waals surface area contributed by atoms with E-state index in [1.165, 1.54) is 4.31 Å². The largest absolute Gasteiger partial charge is 0.379 e. The first-order valence-electron chi connectivity index (χ1n) is 8.49. The van der Waals surface area contributed by atoms with Gasteiger partial charge in [-0.2, -0.15) is 4.31 Å². The van der Waals surface area contributed by atoms with Gasteiger partial charge in [0, 0.05) is 38.6 Å². The van der Waals surface area contributed by atoms with E-state index in [1.807, 2.05) is 18.3 Å². The molecule has 0 radical (unpaired) electrons. The molecule has 0 spiro atoms. The number of sulfonamides is 1. The van der Waals surface area contributed by atoms with Crippen LogP contribution in [0.1, 0.15) is 18.3 Å². The van der Waals surface area contributed by atoms with Gasteiger partial charge in [-0.15, -0.1) is 0 Å². The monoisotopic (exact) mass is 364 g/mol. The van der Waals surface area contributed by atoms with E-state index in [4.69, 9.17) is 4.74 Å². The number of imidazole rings is 1. The van der Waals surface area contributed by atoms with Crippen molar-refractivity contribution in [2.24, 2.45) is 0 Å². The lowest BCUT2D eigenvalue weighted by atomic mass is 10.2. The van der Waals surface area contributed by atoms with Gasteiger partial charge in [0.05, 0.1) is 24.7 Å². The first kappa shape index (κ1) is 18.1. The summed E-state index contributed by atoms with van der Waals surface area (Å²) in [5.74, 6) is 0.994. The van der Waals surface area contributed by atoms with Crippen molar-refractivity contribution >= 4 is 10.0 Å². The average Bonchev–Trinajstić information content (AvgIpc) is 3.10. The Kier molecular flexibility index (Phi) is 5.85. The molecule has 1 fully saturated rings. The van der Waals surface area contributed by atoms with Gasteiger partial charge in [0.25, 0.3) is 0 Å². The van der Waals surface area contributed by atoms with Crippen molar-refractivity contribution in [1.29, 1.82) is 0 Å². The Hall–Kier alpha value is -1.74. The Labute approximate surface area is 148 Å². The third-order valence-corrected chi connectivity index (χ3v) is 6.20. The van der Waals surface area contributed by atoms with E-state index in [0.717, 1.165) is 17.9 Å². The molecule has 1 aromatic carbocycles. The van der Waals surface area contributed by atoms with Crippen molar-refractivity contribution in [3.8, 4) is 0 Å². The van der Waals surface area contributed by atoms with E-state index in [9.17, 15) is 8.42 Å². The molecule has 3 rings (SSSR count). The molecular weight excluding hydrogens is 340 g/mol. The van der Waals surface area contributed by atoms with Crippen molar-refractivity contribution in [2.75, 3.05) is 26.3 Å². The van der Waals surface area contributed by atoms with Crippen LogP contribution in [0.2, 0.25) is 0 Å². The normalized spacial score (nSPS) is 16.2. The van der Waals surface area contributed by atoms with Crippen LogP contribution in [0.5, 0.6) is 0 Å². The topological polar surface area (TPSA) is 76.5 Å². The predicted molar refractivity (Wildman–Crippen MR) is 94.5 cm³/mol. The van der Waals surface area contributed by atoms with Crippen LogP contribution in [0.3, 0.4) is 0 Å². The van der Waals surface area contributed by atoms with Gasteiger partial charge in [0.1, 0.15) is 5.82 Å². The van der Waals surface area contributed by atoms with Gasteiger partial charge in [-0.3, -0.25) is 0 Å². The molecule has 2 heterocycles. The number of aryl methyl sites for hydroxylation is 1. The maximum Gasteiger partial charge on any atom is 0.243 e. The quantitative estimate of drug-likeness (QED) is 0.799. The third kappa shape index (κ3) is 4.27. The van der Waals surface area contributed by atoms with Crippen LogP contribution in [0.25, 0.3) is 0 Å². The van der Waals surface area contributed by atoms with Crippen molar-refractivity contribution in [3.05, 3.63) is 48.0 Å². The van der Waals surface area contributed by atoms with Crippen LogP contribution < -0.4 is 5.32 Å². The minimum atomic E-state index is -3.42. The zero-order valence-corrected chi connectivity index (χ0v) is 15.2. The Balaban J connectivity index is 1.58. The van der Waals surface area contributed by atoms with Crippen molar-refractivity contribution in [1.82, 2.24) is 19.2 Å². The Morgan fingerprint density at radius 3 is 2.56 bits per heavy atom. The third-order valence-electron chi connectivity index (χ3n) is 4.29. The minimum Gasteiger partial charge on any atom is -0.379 e. The maximum absolute atomic E-state index is 12.6. The molecule has 1 aromatic heterocycles. The number of nitrogens with zero attached hydrogens (tertiary/aromatic N) is 3. The Morgan fingerprint density at radius 2 is 1.88 bits per heavy atom. The summed E-state index contributed by atoms with van der Waals surface area (Å²) in [5.41, 5.74) is 1.04. The molecule has 8 heteroatoms. The molecule has 25 heavy (non-hydrogen) atoms. The number of hydrogen-bond donors (Lipinski definition) is 1. The summed E-state index contributed by atoms with van der Waals surface area (Å²) in [7, 11) is -3.42. The summed E-state index contributed by atoms with van der Waals surface area (Å²) in [4.78, 5) is 4.65. The molecule has 0 amide bonds. The van der Waals surface area contributed by atoms with Gasteiger partial charge in [-0.25, -0.2) is 13.4 Å². The molecule has 1 aliphatic rings. The lowest BCUT2D eigenvalue weighted by Gasteiger charge is -2.26. The predicted octanol–water partition coefficient (Wildman–Crippen LogP) is 1.21. The fourth-order valence-corrected chi connectivity index (χ4v) is 4.24. The minimum absolute atomic E-state index is 0.333.